The minimum absolute atomic E-state index is 0.270. The molecule has 2 N–H and O–H groups in total. The number of amides is 1. The summed E-state index contributed by atoms with van der Waals surface area (Å²) in [5, 5.41) is 5.45. The molecule has 3 aromatic rings. The third kappa shape index (κ3) is 4.25. The zero-order valence-corrected chi connectivity index (χ0v) is 13.2. The number of hydrogen-bond donors (Lipinski definition) is 2. The maximum Gasteiger partial charge on any atom is 0.269 e. The third-order valence-electron chi connectivity index (χ3n) is 3.16. The number of nitrogens with one attached hydrogen (secondary N) is 2. The van der Waals surface area contributed by atoms with Crippen LogP contribution in [0.25, 0.3) is 0 Å². The summed E-state index contributed by atoms with van der Waals surface area (Å²) in [6, 6.07) is 10.2. The molecule has 2 heterocycles. The van der Waals surface area contributed by atoms with Gasteiger partial charge >= 0.3 is 0 Å². The van der Waals surface area contributed by atoms with Crippen molar-refractivity contribution in [1.82, 2.24) is 20.3 Å². The van der Waals surface area contributed by atoms with Crippen molar-refractivity contribution in [3.05, 3.63) is 66.5 Å². The van der Waals surface area contributed by atoms with Crippen molar-refractivity contribution in [1.29, 1.82) is 0 Å². The first-order chi connectivity index (χ1) is 12.1. The molecule has 8 heteroatoms. The van der Waals surface area contributed by atoms with E-state index in [1.165, 1.54) is 13.2 Å². The predicted molar refractivity (Wildman–Crippen MR) is 89.4 cm³/mol. The Balaban J connectivity index is 1.68. The van der Waals surface area contributed by atoms with E-state index >= 15 is 0 Å². The van der Waals surface area contributed by atoms with Gasteiger partial charge in [-0.15, -0.1) is 0 Å². The quantitative estimate of drug-likeness (QED) is 0.743. The summed E-state index contributed by atoms with van der Waals surface area (Å²) in [6.07, 6.45) is 3.67. The molecule has 0 unspecified atom stereocenters. The second-order valence-corrected chi connectivity index (χ2v) is 4.93. The maximum atomic E-state index is 12.8. The topological polar surface area (TPSA) is 89.0 Å². The first kappa shape index (κ1) is 16.3. The van der Waals surface area contributed by atoms with Crippen LogP contribution in [-0.2, 0) is 0 Å². The van der Waals surface area contributed by atoms with Gasteiger partial charge in [0.05, 0.1) is 12.4 Å². The van der Waals surface area contributed by atoms with Gasteiger partial charge in [0.1, 0.15) is 17.2 Å². The zero-order valence-electron chi connectivity index (χ0n) is 13.2. The lowest BCUT2D eigenvalue weighted by Crippen LogP contribution is -2.18. The molecule has 0 bridgehead atoms. The third-order valence-corrected chi connectivity index (χ3v) is 3.16. The van der Waals surface area contributed by atoms with E-state index in [-0.39, 0.29) is 11.6 Å². The van der Waals surface area contributed by atoms with Crippen LogP contribution in [0.4, 0.5) is 16.0 Å². The summed E-state index contributed by atoms with van der Waals surface area (Å²) >= 11 is 0. The highest BCUT2D eigenvalue weighted by molar-refractivity contribution is 5.92. The van der Waals surface area contributed by atoms with Gasteiger partial charge in [-0.25, -0.2) is 14.4 Å². The molecular formula is C17H14FN5O2. The van der Waals surface area contributed by atoms with E-state index < -0.39 is 5.82 Å². The van der Waals surface area contributed by atoms with Crippen LogP contribution in [0.3, 0.4) is 0 Å². The predicted octanol–water partition coefficient (Wildman–Crippen LogP) is 2.91. The van der Waals surface area contributed by atoms with E-state index in [0.717, 1.165) is 18.1 Å². The Morgan fingerprint density at radius 3 is 2.44 bits per heavy atom. The van der Waals surface area contributed by atoms with Crippen LogP contribution in [0.2, 0.25) is 0 Å². The molecule has 25 heavy (non-hydrogen) atoms. The number of hydrogen-bond acceptors (Lipinski definition) is 6. The van der Waals surface area contributed by atoms with Crippen molar-refractivity contribution in [2.75, 3.05) is 12.4 Å². The van der Waals surface area contributed by atoms with Crippen molar-refractivity contribution in [2.24, 2.45) is 0 Å². The summed E-state index contributed by atoms with van der Waals surface area (Å²) in [4.78, 5) is 23.2. The highest BCUT2D eigenvalue weighted by Crippen LogP contribution is 2.24. The molecule has 2 aromatic heterocycles. The molecule has 7 nitrogen and oxygen atoms in total. The fourth-order valence-electron chi connectivity index (χ4n) is 1.98. The number of aromatic nitrogens is 3. The fraction of sp³-hybridized carbons (Fsp3) is 0.0588. The number of halogens is 1. The average Bonchev–Trinajstić information content (AvgIpc) is 2.65. The first-order valence-corrected chi connectivity index (χ1v) is 7.34. The van der Waals surface area contributed by atoms with Crippen LogP contribution in [0.1, 0.15) is 10.5 Å². The monoisotopic (exact) mass is 339 g/mol. The van der Waals surface area contributed by atoms with E-state index in [2.05, 4.69) is 25.6 Å². The Labute approximate surface area is 142 Å². The van der Waals surface area contributed by atoms with Gasteiger partial charge in [0.15, 0.2) is 5.82 Å². The Hall–Kier alpha value is -3.55. The van der Waals surface area contributed by atoms with Gasteiger partial charge in [-0.2, -0.15) is 0 Å². The van der Waals surface area contributed by atoms with Crippen molar-refractivity contribution in [2.45, 2.75) is 0 Å². The average molecular weight is 339 g/mol. The molecule has 0 aliphatic carbocycles. The summed E-state index contributed by atoms with van der Waals surface area (Å²) < 4.78 is 18.5. The van der Waals surface area contributed by atoms with Crippen molar-refractivity contribution >= 4 is 17.5 Å². The van der Waals surface area contributed by atoms with Crippen LogP contribution < -0.4 is 15.4 Å². The van der Waals surface area contributed by atoms with Gasteiger partial charge in [0.25, 0.3) is 5.91 Å². The Kier molecular flexibility index (Phi) is 4.79. The Morgan fingerprint density at radius 1 is 1.04 bits per heavy atom. The number of carbonyl (C=O) groups is 1. The molecule has 0 atom stereocenters. The van der Waals surface area contributed by atoms with Crippen molar-refractivity contribution in [3.8, 4) is 11.5 Å². The van der Waals surface area contributed by atoms with E-state index in [0.29, 0.717) is 17.4 Å². The molecule has 0 saturated carbocycles. The highest BCUT2D eigenvalue weighted by Gasteiger charge is 2.07. The molecule has 1 aromatic carbocycles. The first-order valence-electron chi connectivity index (χ1n) is 7.34. The van der Waals surface area contributed by atoms with E-state index in [4.69, 9.17) is 4.74 Å². The molecule has 3 rings (SSSR count). The largest absolute Gasteiger partial charge is 0.457 e. The van der Waals surface area contributed by atoms with Crippen LogP contribution in [0, 0.1) is 5.82 Å². The number of pyridine rings is 1. The number of ether oxygens (including phenoxy) is 1. The van der Waals surface area contributed by atoms with Gasteiger partial charge in [-0.3, -0.25) is 9.78 Å². The van der Waals surface area contributed by atoms with E-state index in [9.17, 15) is 9.18 Å². The van der Waals surface area contributed by atoms with Gasteiger partial charge in [-0.05, 0) is 30.3 Å². The highest BCUT2D eigenvalue weighted by atomic mass is 19.1. The Bertz CT molecular complexity index is 869. The summed E-state index contributed by atoms with van der Waals surface area (Å²) in [7, 11) is 1.54. The minimum atomic E-state index is -0.497. The molecule has 0 radical (unpaired) electrons. The minimum Gasteiger partial charge on any atom is -0.457 e. The lowest BCUT2D eigenvalue weighted by atomic mass is 10.3. The molecule has 0 aliphatic heterocycles. The molecule has 1 amide bonds. The number of anilines is 2. The number of rotatable bonds is 5. The SMILES string of the molecule is CNC(=O)c1cc(Oc2ccc(Nc3ncc(F)cn3)cc2)ccn1. The van der Waals surface area contributed by atoms with Gasteiger partial charge < -0.3 is 15.4 Å². The fourth-order valence-corrected chi connectivity index (χ4v) is 1.98. The van der Waals surface area contributed by atoms with Crippen molar-refractivity contribution < 1.29 is 13.9 Å². The lowest BCUT2D eigenvalue weighted by Gasteiger charge is -2.08. The normalized spacial score (nSPS) is 10.2. The van der Waals surface area contributed by atoms with Gasteiger partial charge in [0.2, 0.25) is 5.95 Å². The second-order valence-electron chi connectivity index (χ2n) is 4.93. The van der Waals surface area contributed by atoms with Gasteiger partial charge in [-0.1, -0.05) is 0 Å². The smallest absolute Gasteiger partial charge is 0.269 e. The van der Waals surface area contributed by atoms with Crippen LogP contribution in [0.15, 0.2) is 55.0 Å². The van der Waals surface area contributed by atoms with Gasteiger partial charge in [0, 0.05) is 25.0 Å². The number of benzene rings is 1. The van der Waals surface area contributed by atoms with E-state index in [1.54, 1.807) is 36.4 Å². The summed E-state index contributed by atoms with van der Waals surface area (Å²) in [5.41, 5.74) is 0.992. The number of carbonyl (C=O) groups excluding carboxylic acids is 1. The molecule has 126 valence electrons. The lowest BCUT2D eigenvalue weighted by molar-refractivity contribution is 0.0958. The summed E-state index contributed by atoms with van der Waals surface area (Å²) in [6.45, 7) is 0. The Morgan fingerprint density at radius 2 is 1.76 bits per heavy atom. The molecule has 0 fully saturated rings. The number of nitrogens with zero attached hydrogens (tertiary/aromatic N) is 3. The van der Waals surface area contributed by atoms with Crippen LogP contribution >= 0.6 is 0 Å². The maximum absolute atomic E-state index is 12.8. The summed E-state index contributed by atoms with van der Waals surface area (Å²) in [5.74, 6) is 0.585. The standard InChI is InChI=1S/C17H14FN5O2/c1-19-16(24)15-8-14(6-7-20-15)25-13-4-2-12(3-5-13)23-17-21-9-11(18)10-22-17/h2-10H,1H3,(H,19,24)(H,21,22,23). The molecule has 0 saturated heterocycles. The van der Waals surface area contributed by atoms with Crippen LogP contribution in [0.5, 0.6) is 11.5 Å². The zero-order chi connectivity index (χ0) is 17.6. The second kappa shape index (κ2) is 7.35. The molecular weight excluding hydrogens is 325 g/mol. The molecule has 0 spiro atoms. The molecule has 0 aliphatic rings. The van der Waals surface area contributed by atoms with E-state index in [1.807, 2.05) is 0 Å². The van der Waals surface area contributed by atoms with Crippen molar-refractivity contribution in [3.63, 3.8) is 0 Å². The van der Waals surface area contributed by atoms with Crippen LogP contribution in [-0.4, -0.2) is 27.9 Å².